The Morgan fingerprint density at radius 2 is 1.85 bits per heavy atom. The zero-order valence-electron chi connectivity index (χ0n) is 15.5. The number of nitrogens with one attached hydrogen (secondary N) is 1. The van der Waals surface area contributed by atoms with Crippen molar-refractivity contribution in [1.82, 2.24) is 15.1 Å². The molecule has 27 heavy (non-hydrogen) atoms. The van der Waals surface area contributed by atoms with Crippen LogP contribution in [0.25, 0.3) is 0 Å². The number of halogens is 4. The molecule has 2 unspecified atom stereocenters. The van der Waals surface area contributed by atoms with Gasteiger partial charge in [-0.2, -0.15) is 13.2 Å². The molecule has 0 aliphatic carbocycles. The Kier molecular flexibility index (Phi) is 7.43. The molecule has 1 aromatic rings. The summed E-state index contributed by atoms with van der Waals surface area (Å²) in [6.45, 7) is 4.90. The monoisotopic (exact) mass is 390 g/mol. The van der Waals surface area contributed by atoms with Crippen LogP contribution in [0, 0.1) is 5.82 Å². The van der Waals surface area contributed by atoms with Gasteiger partial charge in [0.2, 0.25) is 0 Å². The van der Waals surface area contributed by atoms with Gasteiger partial charge in [0.25, 0.3) is 0 Å². The van der Waals surface area contributed by atoms with Gasteiger partial charge in [-0.3, -0.25) is 9.89 Å². The highest BCUT2D eigenvalue weighted by Gasteiger charge is 2.41. The van der Waals surface area contributed by atoms with Gasteiger partial charge in [-0.15, -0.1) is 0 Å². The lowest BCUT2D eigenvalue weighted by Crippen LogP contribution is -2.56. The lowest BCUT2D eigenvalue weighted by Gasteiger charge is -2.39. The van der Waals surface area contributed by atoms with Gasteiger partial charge in [-0.25, -0.2) is 4.39 Å². The summed E-state index contributed by atoms with van der Waals surface area (Å²) in [5, 5.41) is 13.3. The molecular formula is C18H26F4N4O. The number of aliphatic hydroxyl groups is 1. The Labute approximate surface area is 156 Å². The minimum atomic E-state index is -4.25. The maximum Gasteiger partial charge on any atom is 0.403 e. The van der Waals surface area contributed by atoms with Crippen LogP contribution in [0.1, 0.15) is 25.5 Å². The summed E-state index contributed by atoms with van der Waals surface area (Å²) in [4.78, 5) is 7.60. The molecule has 0 aromatic heterocycles. The van der Waals surface area contributed by atoms with Crippen molar-refractivity contribution in [3.05, 3.63) is 35.6 Å². The predicted octanol–water partition coefficient (Wildman–Crippen LogP) is 2.39. The summed E-state index contributed by atoms with van der Waals surface area (Å²) < 4.78 is 52.3. The predicted molar refractivity (Wildman–Crippen MR) is 96.0 cm³/mol. The highest BCUT2D eigenvalue weighted by atomic mass is 19.4. The standard InChI is InChI=1S/C18H26F4N4O/c1-3-23-17(24-12-16(27)14-6-4-5-7-15(14)19)26-10-8-25(9-11-26)13(2)18(20,21)22/h4-7,13,16,27H,3,8-12H2,1-2H3,(H,23,24). The highest BCUT2D eigenvalue weighted by molar-refractivity contribution is 5.80. The van der Waals surface area contributed by atoms with Crippen LogP contribution in [0.5, 0.6) is 0 Å². The van der Waals surface area contributed by atoms with Crippen LogP contribution in [0.15, 0.2) is 29.3 Å². The van der Waals surface area contributed by atoms with Crippen molar-refractivity contribution in [2.24, 2.45) is 4.99 Å². The number of aliphatic hydroxyl groups excluding tert-OH is 1. The summed E-state index contributed by atoms with van der Waals surface area (Å²) in [6, 6.07) is 4.47. The van der Waals surface area contributed by atoms with Crippen LogP contribution >= 0.6 is 0 Å². The number of guanidine groups is 1. The molecular weight excluding hydrogens is 364 g/mol. The van der Waals surface area contributed by atoms with Gasteiger partial charge >= 0.3 is 6.18 Å². The minimum Gasteiger partial charge on any atom is -0.386 e. The Morgan fingerprint density at radius 1 is 1.22 bits per heavy atom. The summed E-state index contributed by atoms with van der Waals surface area (Å²) in [5.74, 6) is 0.00662. The molecule has 0 amide bonds. The number of alkyl halides is 3. The maximum absolute atomic E-state index is 13.8. The van der Waals surface area contributed by atoms with Gasteiger partial charge in [0.1, 0.15) is 18.0 Å². The molecule has 152 valence electrons. The summed E-state index contributed by atoms with van der Waals surface area (Å²) in [6.07, 6.45) is -5.34. The zero-order chi connectivity index (χ0) is 20.0. The number of hydrogen-bond acceptors (Lipinski definition) is 3. The number of piperazine rings is 1. The van der Waals surface area contributed by atoms with Crippen LogP contribution < -0.4 is 5.32 Å². The van der Waals surface area contributed by atoms with Crippen molar-refractivity contribution in [3.63, 3.8) is 0 Å². The quantitative estimate of drug-likeness (QED) is 0.461. The van der Waals surface area contributed by atoms with Crippen molar-refractivity contribution < 1.29 is 22.7 Å². The summed E-state index contributed by atoms with van der Waals surface area (Å²) >= 11 is 0. The van der Waals surface area contributed by atoms with Gasteiger partial charge in [-0.1, -0.05) is 18.2 Å². The average molecular weight is 390 g/mol. The van der Waals surface area contributed by atoms with Gasteiger partial charge in [0.15, 0.2) is 5.96 Å². The molecule has 5 nitrogen and oxygen atoms in total. The molecule has 1 fully saturated rings. The first-order valence-corrected chi connectivity index (χ1v) is 9.00. The lowest BCUT2D eigenvalue weighted by atomic mass is 10.1. The van der Waals surface area contributed by atoms with E-state index < -0.39 is 24.1 Å². The number of rotatable bonds is 5. The third-order valence-electron chi connectivity index (χ3n) is 4.65. The number of nitrogens with zero attached hydrogens (tertiary/aromatic N) is 3. The van der Waals surface area contributed by atoms with E-state index in [4.69, 9.17) is 0 Å². The molecule has 1 heterocycles. The second-order valence-corrected chi connectivity index (χ2v) is 6.47. The van der Waals surface area contributed by atoms with E-state index in [-0.39, 0.29) is 25.2 Å². The topological polar surface area (TPSA) is 51.1 Å². The van der Waals surface area contributed by atoms with Crippen LogP contribution in [-0.2, 0) is 0 Å². The van der Waals surface area contributed by atoms with Gasteiger partial charge in [0, 0.05) is 38.3 Å². The van der Waals surface area contributed by atoms with E-state index in [0.717, 1.165) is 0 Å². The van der Waals surface area contributed by atoms with Gasteiger partial charge in [0.05, 0.1) is 6.54 Å². The van der Waals surface area contributed by atoms with E-state index >= 15 is 0 Å². The molecule has 1 aromatic carbocycles. The van der Waals surface area contributed by atoms with Crippen molar-refractivity contribution in [1.29, 1.82) is 0 Å². The maximum atomic E-state index is 13.8. The summed E-state index contributed by atoms with van der Waals surface area (Å²) in [7, 11) is 0. The number of benzene rings is 1. The second kappa shape index (κ2) is 9.36. The Balaban J connectivity index is 1.99. The first-order chi connectivity index (χ1) is 12.7. The van der Waals surface area contributed by atoms with E-state index in [1.54, 1.807) is 12.1 Å². The molecule has 1 saturated heterocycles. The normalized spacial score (nSPS) is 19.1. The van der Waals surface area contributed by atoms with E-state index in [1.807, 2.05) is 11.8 Å². The third kappa shape index (κ3) is 5.80. The molecule has 1 aliphatic heterocycles. The second-order valence-electron chi connectivity index (χ2n) is 6.47. The first kappa shape index (κ1) is 21.4. The van der Waals surface area contributed by atoms with Crippen LogP contribution in [0.2, 0.25) is 0 Å². The molecule has 0 saturated carbocycles. The third-order valence-corrected chi connectivity index (χ3v) is 4.65. The fourth-order valence-corrected chi connectivity index (χ4v) is 2.97. The Morgan fingerprint density at radius 3 is 2.41 bits per heavy atom. The van der Waals surface area contributed by atoms with Gasteiger partial charge in [-0.05, 0) is 19.9 Å². The zero-order valence-corrected chi connectivity index (χ0v) is 15.5. The Bertz CT molecular complexity index is 630. The Hall–Kier alpha value is -1.87. The molecule has 9 heteroatoms. The highest BCUT2D eigenvalue weighted by Crippen LogP contribution is 2.25. The average Bonchev–Trinajstić information content (AvgIpc) is 2.64. The molecule has 2 atom stereocenters. The van der Waals surface area contributed by atoms with Crippen molar-refractivity contribution in [2.45, 2.75) is 32.2 Å². The van der Waals surface area contributed by atoms with E-state index in [0.29, 0.717) is 25.6 Å². The van der Waals surface area contributed by atoms with E-state index in [9.17, 15) is 22.7 Å². The summed E-state index contributed by atoms with van der Waals surface area (Å²) in [5.41, 5.74) is 0.168. The minimum absolute atomic E-state index is 0.0393. The van der Waals surface area contributed by atoms with E-state index in [1.165, 1.54) is 24.0 Å². The van der Waals surface area contributed by atoms with Crippen molar-refractivity contribution >= 4 is 5.96 Å². The van der Waals surface area contributed by atoms with E-state index in [2.05, 4.69) is 10.3 Å². The van der Waals surface area contributed by atoms with Crippen LogP contribution in [0.4, 0.5) is 17.6 Å². The fraction of sp³-hybridized carbons (Fsp3) is 0.611. The lowest BCUT2D eigenvalue weighted by molar-refractivity contribution is -0.181. The molecule has 1 aliphatic rings. The number of hydrogen-bond donors (Lipinski definition) is 2. The smallest absolute Gasteiger partial charge is 0.386 e. The molecule has 2 rings (SSSR count). The molecule has 2 N–H and O–H groups in total. The molecule has 0 radical (unpaired) electrons. The largest absolute Gasteiger partial charge is 0.403 e. The fourth-order valence-electron chi connectivity index (χ4n) is 2.97. The molecule has 0 bridgehead atoms. The van der Waals surface area contributed by atoms with Crippen LogP contribution in [0.3, 0.4) is 0 Å². The number of aliphatic imine (C=N–C) groups is 1. The van der Waals surface area contributed by atoms with Gasteiger partial charge < -0.3 is 15.3 Å². The first-order valence-electron chi connectivity index (χ1n) is 9.00. The van der Waals surface area contributed by atoms with Crippen LogP contribution in [-0.4, -0.2) is 72.4 Å². The van der Waals surface area contributed by atoms with Crippen molar-refractivity contribution in [3.8, 4) is 0 Å². The molecule has 0 spiro atoms. The SMILES string of the molecule is CCNC(=NCC(O)c1ccccc1F)N1CCN(C(C)C(F)(F)F)CC1. The van der Waals surface area contributed by atoms with Crippen molar-refractivity contribution in [2.75, 3.05) is 39.3 Å².